The highest BCUT2D eigenvalue weighted by molar-refractivity contribution is 5.29. The number of aliphatic hydroxyl groups excluding tert-OH is 1. The highest BCUT2D eigenvalue weighted by Gasteiger charge is 2.07. The van der Waals surface area contributed by atoms with Crippen LogP contribution in [0.4, 0.5) is 0 Å². The molecule has 0 aliphatic rings. The summed E-state index contributed by atoms with van der Waals surface area (Å²) in [7, 11) is 0. The third kappa shape index (κ3) is 2.41. The van der Waals surface area contributed by atoms with Crippen molar-refractivity contribution in [2.45, 2.75) is 19.1 Å². The average Bonchev–Trinajstić information content (AvgIpc) is 2.18. The Hall–Kier alpha value is -1.12. The second-order valence-electron chi connectivity index (χ2n) is 2.99. The molecule has 0 aliphatic heterocycles. The van der Waals surface area contributed by atoms with Crippen LogP contribution < -0.4 is 5.73 Å². The Kier molecular flexibility index (Phi) is 3.68. The molecule has 0 fully saturated rings. The van der Waals surface area contributed by atoms with E-state index in [9.17, 15) is 0 Å². The van der Waals surface area contributed by atoms with Gasteiger partial charge < -0.3 is 10.8 Å². The minimum Gasteiger partial charge on any atom is -0.392 e. The van der Waals surface area contributed by atoms with E-state index in [1.165, 1.54) is 0 Å². The zero-order valence-corrected chi connectivity index (χ0v) is 7.61. The monoisotopic (exact) mass is 177 g/mol. The zero-order chi connectivity index (χ0) is 9.68. The standard InChI is InChI=1S/C11H15NO/c1-2-5-11(12)10-7-4-3-6-9(10)8-13/h2-4,6-7,11,13H,1,5,8,12H2. The number of aliphatic hydroxyl groups is 1. The SMILES string of the molecule is C=CCC(N)c1ccccc1CO. The largest absolute Gasteiger partial charge is 0.392 e. The number of benzene rings is 1. The Balaban J connectivity index is 2.91. The first-order valence-corrected chi connectivity index (χ1v) is 4.34. The van der Waals surface area contributed by atoms with Gasteiger partial charge in [-0.25, -0.2) is 0 Å². The summed E-state index contributed by atoms with van der Waals surface area (Å²) in [6.07, 6.45) is 2.52. The summed E-state index contributed by atoms with van der Waals surface area (Å²) in [5.74, 6) is 0. The van der Waals surface area contributed by atoms with Crippen LogP contribution in [0.25, 0.3) is 0 Å². The van der Waals surface area contributed by atoms with Gasteiger partial charge in [0.05, 0.1) is 6.61 Å². The molecule has 0 aliphatic carbocycles. The van der Waals surface area contributed by atoms with Crippen LogP contribution in [0.5, 0.6) is 0 Å². The van der Waals surface area contributed by atoms with E-state index in [-0.39, 0.29) is 12.6 Å². The van der Waals surface area contributed by atoms with Crippen molar-refractivity contribution < 1.29 is 5.11 Å². The lowest BCUT2D eigenvalue weighted by Gasteiger charge is -2.13. The van der Waals surface area contributed by atoms with Crippen LogP contribution in [0.2, 0.25) is 0 Å². The molecular weight excluding hydrogens is 162 g/mol. The summed E-state index contributed by atoms with van der Waals surface area (Å²) in [4.78, 5) is 0. The summed E-state index contributed by atoms with van der Waals surface area (Å²) in [5, 5.41) is 9.05. The second kappa shape index (κ2) is 4.80. The lowest BCUT2D eigenvalue weighted by Crippen LogP contribution is -2.11. The fourth-order valence-electron chi connectivity index (χ4n) is 1.35. The number of rotatable bonds is 4. The van der Waals surface area contributed by atoms with E-state index in [1.54, 1.807) is 6.08 Å². The van der Waals surface area contributed by atoms with Gasteiger partial charge in [-0.05, 0) is 17.5 Å². The molecule has 1 unspecified atom stereocenters. The Labute approximate surface area is 78.7 Å². The maximum atomic E-state index is 9.05. The van der Waals surface area contributed by atoms with E-state index in [2.05, 4.69) is 6.58 Å². The van der Waals surface area contributed by atoms with Crippen molar-refractivity contribution in [2.75, 3.05) is 0 Å². The van der Waals surface area contributed by atoms with Crippen molar-refractivity contribution in [3.63, 3.8) is 0 Å². The van der Waals surface area contributed by atoms with Gasteiger partial charge in [0, 0.05) is 6.04 Å². The maximum absolute atomic E-state index is 9.05. The zero-order valence-electron chi connectivity index (χ0n) is 7.61. The summed E-state index contributed by atoms with van der Waals surface area (Å²) in [5.41, 5.74) is 7.80. The summed E-state index contributed by atoms with van der Waals surface area (Å²) < 4.78 is 0. The number of hydrogen-bond donors (Lipinski definition) is 2. The molecule has 0 saturated carbocycles. The molecule has 0 amide bonds. The van der Waals surface area contributed by atoms with Crippen LogP contribution >= 0.6 is 0 Å². The fourth-order valence-corrected chi connectivity index (χ4v) is 1.35. The third-order valence-corrected chi connectivity index (χ3v) is 2.05. The molecule has 3 N–H and O–H groups in total. The molecule has 13 heavy (non-hydrogen) atoms. The van der Waals surface area contributed by atoms with Gasteiger partial charge in [-0.2, -0.15) is 0 Å². The molecule has 1 rings (SSSR count). The minimum absolute atomic E-state index is 0.0427. The van der Waals surface area contributed by atoms with Gasteiger partial charge in [0.2, 0.25) is 0 Å². The normalized spacial score (nSPS) is 12.5. The van der Waals surface area contributed by atoms with Crippen molar-refractivity contribution in [1.29, 1.82) is 0 Å². The van der Waals surface area contributed by atoms with Crippen molar-refractivity contribution in [1.82, 2.24) is 0 Å². The lowest BCUT2D eigenvalue weighted by molar-refractivity contribution is 0.280. The highest BCUT2D eigenvalue weighted by atomic mass is 16.3. The van der Waals surface area contributed by atoms with E-state index < -0.39 is 0 Å². The minimum atomic E-state index is -0.0548. The van der Waals surface area contributed by atoms with Crippen LogP contribution in [0.1, 0.15) is 23.6 Å². The lowest BCUT2D eigenvalue weighted by atomic mass is 9.99. The molecule has 1 atom stereocenters. The van der Waals surface area contributed by atoms with Crippen molar-refractivity contribution in [3.8, 4) is 0 Å². The summed E-state index contributed by atoms with van der Waals surface area (Å²) in [6, 6.07) is 7.60. The predicted octanol–water partition coefficient (Wildman–Crippen LogP) is 1.75. The maximum Gasteiger partial charge on any atom is 0.0685 e. The molecule has 0 radical (unpaired) electrons. The Morgan fingerprint density at radius 1 is 1.46 bits per heavy atom. The van der Waals surface area contributed by atoms with E-state index in [0.29, 0.717) is 0 Å². The first-order chi connectivity index (χ1) is 6.29. The molecule has 2 nitrogen and oxygen atoms in total. The van der Waals surface area contributed by atoms with E-state index >= 15 is 0 Å². The van der Waals surface area contributed by atoms with Crippen molar-refractivity contribution in [3.05, 3.63) is 48.0 Å². The smallest absolute Gasteiger partial charge is 0.0685 e. The van der Waals surface area contributed by atoms with Crippen LogP contribution in [0.15, 0.2) is 36.9 Å². The molecular formula is C11H15NO. The van der Waals surface area contributed by atoms with Gasteiger partial charge >= 0.3 is 0 Å². The van der Waals surface area contributed by atoms with Crippen LogP contribution in [0.3, 0.4) is 0 Å². The fraction of sp³-hybridized carbons (Fsp3) is 0.273. The first-order valence-electron chi connectivity index (χ1n) is 4.34. The quantitative estimate of drug-likeness (QED) is 0.688. The Bertz CT molecular complexity index is 283. The van der Waals surface area contributed by atoms with Crippen LogP contribution in [0, 0.1) is 0 Å². The van der Waals surface area contributed by atoms with Crippen LogP contribution in [-0.4, -0.2) is 5.11 Å². The number of hydrogen-bond acceptors (Lipinski definition) is 2. The number of nitrogens with two attached hydrogens (primary N) is 1. The van der Waals surface area contributed by atoms with E-state index in [1.807, 2.05) is 24.3 Å². The van der Waals surface area contributed by atoms with Gasteiger partial charge in [-0.3, -0.25) is 0 Å². The molecule has 1 aromatic carbocycles. The van der Waals surface area contributed by atoms with Crippen LogP contribution in [-0.2, 0) is 6.61 Å². The molecule has 0 saturated heterocycles. The topological polar surface area (TPSA) is 46.2 Å². The van der Waals surface area contributed by atoms with E-state index in [0.717, 1.165) is 17.5 Å². The molecule has 2 heteroatoms. The van der Waals surface area contributed by atoms with Gasteiger partial charge in [0.25, 0.3) is 0 Å². The van der Waals surface area contributed by atoms with Gasteiger partial charge in [-0.15, -0.1) is 6.58 Å². The van der Waals surface area contributed by atoms with Crippen molar-refractivity contribution in [2.24, 2.45) is 5.73 Å². The predicted molar refractivity (Wildman–Crippen MR) is 54.1 cm³/mol. The Morgan fingerprint density at radius 3 is 2.77 bits per heavy atom. The third-order valence-electron chi connectivity index (χ3n) is 2.05. The summed E-state index contributed by atoms with van der Waals surface area (Å²) in [6.45, 7) is 3.68. The Morgan fingerprint density at radius 2 is 2.15 bits per heavy atom. The first kappa shape index (κ1) is 9.96. The molecule has 70 valence electrons. The van der Waals surface area contributed by atoms with Gasteiger partial charge in [0.1, 0.15) is 0 Å². The van der Waals surface area contributed by atoms with E-state index in [4.69, 9.17) is 10.8 Å². The van der Waals surface area contributed by atoms with Gasteiger partial charge in [-0.1, -0.05) is 30.3 Å². The average molecular weight is 177 g/mol. The highest BCUT2D eigenvalue weighted by Crippen LogP contribution is 2.18. The molecule has 0 bridgehead atoms. The molecule has 0 heterocycles. The molecule has 1 aromatic rings. The molecule has 0 spiro atoms. The van der Waals surface area contributed by atoms with Crippen molar-refractivity contribution >= 4 is 0 Å². The molecule has 0 aromatic heterocycles. The second-order valence-corrected chi connectivity index (χ2v) is 2.99. The van der Waals surface area contributed by atoms with Gasteiger partial charge in [0.15, 0.2) is 0 Å². The summed E-state index contributed by atoms with van der Waals surface area (Å²) >= 11 is 0.